The number of hydrogen-bond acceptors (Lipinski definition) is 2. The largest absolute Gasteiger partial charge is 0.372 e. The van der Waals surface area contributed by atoms with E-state index in [1.807, 2.05) is 0 Å². The Morgan fingerprint density at radius 2 is 1.74 bits per heavy atom. The van der Waals surface area contributed by atoms with Gasteiger partial charge in [0.15, 0.2) is 0 Å². The zero-order valence-electron chi connectivity index (χ0n) is 13.5. The molecule has 0 spiro atoms. The standard InChI is InChI=1S/C17H30N2/c1-7-8-14(2)19(6)16-11-9-15(10-12-16)13-18-17(3,4)5/h9-12,14,18H,7-8,13H2,1-6H3. The van der Waals surface area contributed by atoms with Crippen LogP contribution in [0.4, 0.5) is 5.69 Å². The minimum absolute atomic E-state index is 0.172. The molecule has 0 fully saturated rings. The lowest BCUT2D eigenvalue weighted by molar-refractivity contribution is 0.424. The van der Waals surface area contributed by atoms with Crippen LogP contribution in [0.5, 0.6) is 0 Å². The van der Waals surface area contributed by atoms with Crippen molar-refractivity contribution in [3.63, 3.8) is 0 Å². The smallest absolute Gasteiger partial charge is 0.0366 e. The highest BCUT2D eigenvalue weighted by Crippen LogP contribution is 2.18. The molecule has 1 rings (SSSR count). The number of rotatable bonds is 6. The summed E-state index contributed by atoms with van der Waals surface area (Å²) < 4.78 is 0. The number of nitrogens with zero attached hydrogens (tertiary/aromatic N) is 1. The summed E-state index contributed by atoms with van der Waals surface area (Å²) in [6.45, 7) is 12.0. The SMILES string of the molecule is CCCC(C)N(C)c1ccc(CNC(C)(C)C)cc1. The van der Waals surface area contributed by atoms with E-state index >= 15 is 0 Å². The second-order valence-electron chi connectivity index (χ2n) is 6.52. The molecule has 2 nitrogen and oxygen atoms in total. The predicted octanol–water partition coefficient (Wildman–Crippen LogP) is 4.20. The molecule has 0 heterocycles. The fraction of sp³-hybridized carbons (Fsp3) is 0.647. The van der Waals surface area contributed by atoms with Crippen LogP contribution >= 0.6 is 0 Å². The highest BCUT2D eigenvalue weighted by Gasteiger charge is 2.10. The Bertz CT molecular complexity index is 362. The third kappa shape index (κ3) is 5.65. The fourth-order valence-electron chi connectivity index (χ4n) is 2.08. The molecule has 2 heteroatoms. The van der Waals surface area contributed by atoms with E-state index in [-0.39, 0.29) is 5.54 Å². The van der Waals surface area contributed by atoms with Gasteiger partial charge in [-0.25, -0.2) is 0 Å². The van der Waals surface area contributed by atoms with E-state index in [4.69, 9.17) is 0 Å². The lowest BCUT2D eigenvalue weighted by Gasteiger charge is -2.27. The Morgan fingerprint density at radius 1 is 1.16 bits per heavy atom. The minimum atomic E-state index is 0.172. The van der Waals surface area contributed by atoms with Crippen molar-refractivity contribution in [2.24, 2.45) is 0 Å². The normalized spacial score (nSPS) is 13.4. The molecule has 0 aliphatic carbocycles. The van der Waals surface area contributed by atoms with Gasteiger partial charge < -0.3 is 10.2 Å². The van der Waals surface area contributed by atoms with E-state index in [0.717, 1.165) is 6.54 Å². The summed E-state index contributed by atoms with van der Waals surface area (Å²) in [6, 6.07) is 9.51. The molecular formula is C17H30N2. The van der Waals surface area contributed by atoms with E-state index in [1.54, 1.807) is 0 Å². The fourth-order valence-corrected chi connectivity index (χ4v) is 2.08. The summed E-state index contributed by atoms with van der Waals surface area (Å²) in [6.07, 6.45) is 2.48. The monoisotopic (exact) mass is 262 g/mol. The van der Waals surface area contributed by atoms with Gasteiger partial charge in [0.05, 0.1) is 0 Å². The molecule has 0 aliphatic heterocycles. The zero-order valence-corrected chi connectivity index (χ0v) is 13.5. The highest BCUT2D eigenvalue weighted by atomic mass is 15.1. The Hall–Kier alpha value is -1.02. The summed E-state index contributed by atoms with van der Waals surface area (Å²) >= 11 is 0. The number of hydrogen-bond donors (Lipinski definition) is 1. The molecular weight excluding hydrogens is 232 g/mol. The average Bonchev–Trinajstić information content (AvgIpc) is 2.35. The van der Waals surface area contributed by atoms with Crippen LogP contribution in [0.1, 0.15) is 53.0 Å². The van der Waals surface area contributed by atoms with Crippen molar-refractivity contribution in [3.05, 3.63) is 29.8 Å². The van der Waals surface area contributed by atoms with Gasteiger partial charge in [0.25, 0.3) is 0 Å². The molecule has 1 atom stereocenters. The first-order chi connectivity index (χ1) is 8.83. The first-order valence-electron chi connectivity index (χ1n) is 7.40. The topological polar surface area (TPSA) is 15.3 Å². The maximum absolute atomic E-state index is 3.52. The van der Waals surface area contributed by atoms with Crippen molar-refractivity contribution in [1.29, 1.82) is 0 Å². The molecule has 0 radical (unpaired) electrons. The molecule has 0 aromatic heterocycles. The quantitative estimate of drug-likeness (QED) is 0.826. The highest BCUT2D eigenvalue weighted by molar-refractivity contribution is 5.47. The molecule has 1 aromatic rings. The lowest BCUT2D eigenvalue weighted by Crippen LogP contribution is -2.35. The molecule has 0 saturated carbocycles. The second-order valence-corrected chi connectivity index (χ2v) is 6.52. The molecule has 0 aliphatic rings. The minimum Gasteiger partial charge on any atom is -0.372 e. The maximum atomic E-state index is 3.52. The Labute approximate surface area is 119 Å². The maximum Gasteiger partial charge on any atom is 0.0366 e. The van der Waals surface area contributed by atoms with Crippen LogP contribution in [0.25, 0.3) is 0 Å². The molecule has 0 bridgehead atoms. The second kappa shape index (κ2) is 6.95. The van der Waals surface area contributed by atoms with Crippen molar-refractivity contribution >= 4 is 5.69 Å². The van der Waals surface area contributed by atoms with Gasteiger partial charge in [-0.1, -0.05) is 25.5 Å². The van der Waals surface area contributed by atoms with Crippen molar-refractivity contribution in [1.82, 2.24) is 5.32 Å². The Kier molecular flexibility index (Phi) is 5.86. The van der Waals surface area contributed by atoms with Crippen molar-refractivity contribution in [2.45, 2.75) is 65.6 Å². The van der Waals surface area contributed by atoms with Gasteiger partial charge in [0, 0.05) is 30.9 Å². The van der Waals surface area contributed by atoms with Crippen LogP contribution in [-0.2, 0) is 6.54 Å². The Balaban J connectivity index is 2.60. The predicted molar refractivity (Wildman–Crippen MR) is 85.8 cm³/mol. The summed E-state index contributed by atoms with van der Waals surface area (Å²) in [5, 5.41) is 3.52. The van der Waals surface area contributed by atoms with Crippen LogP contribution in [0, 0.1) is 0 Å². The third-order valence-corrected chi connectivity index (χ3v) is 3.53. The summed E-state index contributed by atoms with van der Waals surface area (Å²) in [5.74, 6) is 0. The van der Waals surface area contributed by atoms with Crippen molar-refractivity contribution in [2.75, 3.05) is 11.9 Å². The van der Waals surface area contributed by atoms with Gasteiger partial charge in [0.2, 0.25) is 0 Å². The van der Waals surface area contributed by atoms with Crippen LogP contribution in [0.2, 0.25) is 0 Å². The summed E-state index contributed by atoms with van der Waals surface area (Å²) in [5.41, 5.74) is 2.82. The molecule has 1 unspecified atom stereocenters. The van der Waals surface area contributed by atoms with Gasteiger partial charge in [0.1, 0.15) is 0 Å². The molecule has 1 aromatic carbocycles. The van der Waals surface area contributed by atoms with E-state index in [1.165, 1.54) is 24.1 Å². The van der Waals surface area contributed by atoms with Gasteiger partial charge in [-0.2, -0.15) is 0 Å². The van der Waals surface area contributed by atoms with Gasteiger partial charge >= 0.3 is 0 Å². The van der Waals surface area contributed by atoms with Gasteiger partial charge in [-0.3, -0.25) is 0 Å². The van der Waals surface area contributed by atoms with Gasteiger partial charge in [-0.15, -0.1) is 0 Å². The number of benzene rings is 1. The van der Waals surface area contributed by atoms with E-state index in [2.05, 4.69) is 76.1 Å². The van der Waals surface area contributed by atoms with Crippen molar-refractivity contribution in [3.8, 4) is 0 Å². The summed E-state index contributed by atoms with van der Waals surface area (Å²) in [7, 11) is 2.18. The number of anilines is 1. The van der Waals surface area contributed by atoms with Crippen LogP contribution in [-0.4, -0.2) is 18.6 Å². The molecule has 19 heavy (non-hydrogen) atoms. The third-order valence-electron chi connectivity index (χ3n) is 3.53. The van der Waals surface area contributed by atoms with E-state index < -0.39 is 0 Å². The first kappa shape index (κ1) is 16.0. The van der Waals surface area contributed by atoms with Crippen LogP contribution < -0.4 is 10.2 Å². The molecule has 1 N–H and O–H groups in total. The summed E-state index contributed by atoms with van der Waals surface area (Å²) in [4.78, 5) is 2.37. The molecule has 108 valence electrons. The number of nitrogens with one attached hydrogen (secondary N) is 1. The van der Waals surface area contributed by atoms with E-state index in [0.29, 0.717) is 6.04 Å². The molecule has 0 saturated heterocycles. The first-order valence-corrected chi connectivity index (χ1v) is 7.40. The zero-order chi connectivity index (χ0) is 14.5. The molecule has 0 amide bonds. The average molecular weight is 262 g/mol. The van der Waals surface area contributed by atoms with Crippen LogP contribution in [0.3, 0.4) is 0 Å². The van der Waals surface area contributed by atoms with Crippen LogP contribution in [0.15, 0.2) is 24.3 Å². The lowest BCUT2D eigenvalue weighted by atomic mass is 10.1. The van der Waals surface area contributed by atoms with Gasteiger partial charge in [-0.05, 0) is 51.8 Å². The van der Waals surface area contributed by atoms with E-state index in [9.17, 15) is 0 Å². The van der Waals surface area contributed by atoms with Crippen molar-refractivity contribution < 1.29 is 0 Å². The Morgan fingerprint density at radius 3 is 2.21 bits per heavy atom.